The van der Waals surface area contributed by atoms with Gasteiger partial charge in [0.2, 0.25) is 5.43 Å². The van der Waals surface area contributed by atoms with Crippen molar-refractivity contribution in [3.8, 4) is 0 Å². The molecule has 188 valence electrons. The number of carboxylic acids is 1. The van der Waals surface area contributed by atoms with E-state index in [9.17, 15) is 14.7 Å². The summed E-state index contributed by atoms with van der Waals surface area (Å²) in [5.74, 6) is -1.81. The zero-order chi connectivity index (χ0) is 25.4. The molecule has 1 aromatic heterocycles. The van der Waals surface area contributed by atoms with E-state index in [0.29, 0.717) is 43.9 Å². The molecule has 2 fully saturated rings. The van der Waals surface area contributed by atoms with Crippen molar-refractivity contribution in [3.05, 3.63) is 75.3 Å². The second kappa shape index (κ2) is 9.73. The van der Waals surface area contributed by atoms with Gasteiger partial charge in [-0.05, 0) is 31.9 Å². The Morgan fingerprint density at radius 1 is 1.14 bits per heavy atom. The van der Waals surface area contributed by atoms with Gasteiger partial charge in [0.25, 0.3) is 0 Å². The van der Waals surface area contributed by atoms with Crippen LogP contribution in [0.25, 0.3) is 10.9 Å². The van der Waals surface area contributed by atoms with E-state index < -0.39 is 17.2 Å². The number of carboxylic acid groups (broad SMARTS) is 1. The van der Waals surface area contributed by atoms with Gasteiger partial charge in [-0.15, -0.1) is 0 Å². The third kappa shape index (κ3) is 4.70. The number of rotatable bonds is 7. The summed E-state index contributed by atoms with van der Waals surface area (Å²) in [5.41, 5.74) is 3.06. The third-order valence-electron chi connectivity index (χ3n) is 6.94. The highest BCUT2D eigenvalue weighted by molar-refractivity contribution is 6.01. The van der Waals surface area contributed by atoms with Crippen LogP contribution < -0.4 is 10.3 Å². The largest absolute Gasteiger partial charge is 0.477 e. The fourth-order valence-corrected chi connectivity index (χ4v) is 4.80. The lowest BCUT2D eigenvalue weighted by molar-refractivity contribution is 0.0695. The Labute approximate surface area is 208 Å². The monoisotopic (exact) mass is 492 g/mol. The summed E-state index contributed by atoms with van der Waals surface area (Å²) in [7, 11) is 1.54. The zero-order valence-corrected chi connectivity index (χ0v) is 20.4. The van der Waals surface area contributed by atoms with Crippen molar-refractivity contribution < 1.29 is 19.1 Å². The first-order valence-corrected chi connectivity index (χ1v) is 12.1. The van der Waals surface area contributed by atoms with Crippen LogP contribution in [-0.2, 0) is 4.84 Å². The normalized spacial score (nSPS) is 17.0. The van der Waals surface area contributed by atoms with Crippen molar-refractivity contribution in [2.45, 2.75) is 25.8 Å². The number of anilines is 1. The van der Waals surface area contributed by atoms with Gasteiger partial charge in [0.05, 0.1) is 11.2 Å². The lowest BCUT2D eigenvalue weighted by atomic mass is 10.1. The molecule has 1 aliphatic heterocycles. The van der Waals surface area contributed by atoms with E-state index in [1.807, 2.05) is 40.7 Å². The van der Waals surface area contributed by atoms with Crippen LogP contribution in [0.1, 0.15) is 40.4 Å². The molecular formula is C27H29FN4O4. The van der Waals surface area contributed by atoms with Gasteiger partial charge in [0, 0.05) is 55.9 Å². The van der Waals surface area contributed by atoms with Crippen molar-refractivity contribution in [1.29, 1.82) is 0 Å². The predicted molar refractivity (Wildman–Crippen MR) is 137 cm³/mol. The molecule has 2 heterocycles. The average molecular weight is 493 g/mol. The van der Waals surface area contributed by atoms with Gasteiger partial charge < -0.3 is 19.4 Å². The van der Waals surface area contributed by atoms with Crippen LogP contribution in [-0.4, -0.2) is 66.1 Å². The minimum Gasteiger partial charge on any atom is -0.477 e. The molecule has 0 bridgehead atoms. The topological polar surface area (TPSA) is 87.4 Å². The lowest BCUT2D eigenvalue weighted by Gasteiger charge is -2.36. The number of carbonyl (C=O) groups is 1. The number of halogens is 1. The van der Waals surface area contributed by atoms with E-state index >= 15 is 4.39 Å². The Balaban J connectivity index is 1.37. The zero-order valence-electron chi connectivity index (χ0n) is 20.4. The van der Waals surface area contributed by atoms with E-state index in [0.717, 1.165) is 24.1 Å². The van der Waals surface area contributed by atoms with Gasteiger partial charge in [-0.25, -0.2) is 9.18 Å². The number of hydrogen-bond acceptors (Lipinski definition) is 6. The number of piperazine rings is 1. The van der Waals surface area contributed by atoms with Crippen LogP contribution in [0.3, 0.4) is 0 Å². The van der Waals surface area contributed by atoms with Gasteiger partial charge in [-0.1, -0.05) is 35.0 Å². The van der Waals surface area contributed by atoms with Crippen LogP contribution in [0.5, 0.6) is 0 Å². The third-order valence-corrected chi connectivity index (χ3v) is 6.94. The molecule has 2 aliphatic rings. The fraction of sp³-hybridized carbons (Fsp3) is 0.370. The molecule has 0 atom stereocenters. The molecule has 1 saturated heterocycles. The Morgan fingerprint density at radius 2 is 1.83 bits per heavy atom. The maximum absolute atomic E-state index is 15.2. The molecule has 0 unspecified atom stereocenters. The maximum Gasteiger partial charge on any atom is 0.341 e. The Kier molecular flexibility index (Phi) is 6.49. The van der Waals surface area contributed by atoms with Crippen LogP contribution in [0.2, 0.25) is 0 Å². The summed E-state index contributed by atoms with van der Waals surface area (Å²) in [5, 5.41) is 13.8. The number of oxime groups is 1. The van der Waals surface area contributed by atoms with Gasteiger partial charge in [0.1, 0.15) is 24.2 Å². The van der Waals surface area contributed by atoms with E-state index in [-0.39, 0.29) is 17.0 Å². The first-order valence-electron chi connectivity index (χ1n) is 12.1. The van der Waals surface area contributed by atoms with Crippen molar-refractivity contribution in [2.24, 2.45) is 5.16 Å². The SMILES string of the molecule is CO/N=C(/CN1CCN(c2cc3c(cc2F)c(=O)c(C(=O)O)cn3C2CC2)CC1)c1ccc(C)cc1. The quantitative estimate of drug-likeness (QED) is 0.400. The molecule has 0 radical (unpaired) electrons. The minimum atomic E-state index is -1.29. The van der Waals surface area contributed by atoms with Gasteiger partial charge in [-0.3, -0.25) is 9.69 Å². The number of aromatic nitrogens is 1. The summed E-state index contributed by atoms with van der Waals surface area (Å²) < 4.78 is 17.1. The van der Waals surface area contributed by atoms with Gasteiger partial charge in [-0.2, -0.15) is 0 Å². The molecule has 1 saturated carbocycles. The highest BCUT2D eigenvalue weighted by atomic mass is 19.1. The van der Waals surface area contributed by atoms with Crippen LogP contribution in [0, 0.1) is 12.7 Å². The second-order valence-corrected chi connectivity index (χ2v) is 9.49. The highest BCUT2D eigenvalue weighted by Gasteiger charge is 2.28. The van der Waals surface area contributed by atoms with Crippen LogP contribution >= 0.6 is 0 Å². The first-order chi connectivity index (χ1) is 17.4. The molecule has 36 heavy (non-hydrogen) atoms. The maximum atomic E-state index is 15.2. The lowest BCUT2D eigenvalue weighted by Crippen LogP contribution is -2.48. The van der Waals surface area contributed by atoms with Gasteiger partial charge in [0.15, 0.2) is 0 Å². The summed E-state index contributed by atoms with van der Waals surface area (Å²) in [6, 6.07) is 11.2. The van der Waals surface area contributed by atoms with Crippen molar-refractivity contribution >= 4 is 28.3 Å². The molecule has 0 amide bonds. The van der Waals surface area contributed by atoms with E-state index in [1.54, 1.807) is 6.07 Å². The highest BCUT2D eigenvalue weighted by Crippen LogP contribution is 2.38. The number of fused-ring (bicyclic) bond motifs is 1. The number of aromatic carboxylic acids is 1. The molecule has 9 heteroatoms. The van der Waals surface area contributed by atoms with E-state index in [4.69, 9.17) is 4.84 Å². The summed E-state index contributed by atoms with van der Waals surface area (Å²) in [6.07, 6.45) is 3.23. The van der Waals surface area contributed by atoms with Crippen molar-refractivity contribution in [3.63, 3.8) is 0 Å². The minimum absolute atomic E-state index is 0.111. The molecule has 2 aromatic carbocycles. The summed E-state index contributed by atoms with van der Waals surface area (Å²) in [4.78, 5) is 33.6. The van der Waals surface area contributed by atoms with Gasteiger partial charge >= 0.3 is 5.97 Å². The standard InChI is InChI=1S/C27H29FN4O4/c1-17-3-5-18(6-4-17)23(29-36-2)16-30-9-11-31(12-10-30)25-14-24-20(13-22(25)28)26(33)21(27(34)35)15-32(24)19-7-8-19/h3-6,13-15,19H,7-12,16H2,1-2H3,(H,34,35)/b29-23-. The Bertz CT molecular complexity index is 1390. The van der Waals surface area contributed by atoms with Crippen LogP contribution in [0.4, 0.5) is 10.1 Å². The molecule has 1 N–H and O–H groups in total. The molecule has 3 aromatic rings. The molecule has 0 spiro atoms. The number of benzene rings is 2. The molecular weight excluding hydrogens is 463 g/mol. The number of hydrogen-bond donors (Lipinski definition) is 1. The first kappa shape index (κ1) is 24.0. The van der Waals surface area contributed by atoms with E-state index in [2.05, 4.69) is 10.1 Å². The number of pyridine rings is 1. The van der Waals surface area contributed by atoms with Crippen LogP contribution in [0.15, 0.2) is 52.5 Å². The molecule has 1 aliphatic carbocycles. The van der Waals surface area contributed by atoms with E-state index in [1.165, 1.54) is 24.9 Å². The molecule has 8 nitrogen and oxygen atoms in total. The second-order valence-electron chi connectivity index (χ2n) is 9.49. The molecule has 5 rings (SSSR count). The predicted octanol–water partition coefficient (Wildman–Crippen LogP) is 3.65. The average Bonchev–Trinajstić information content (AvgIpc) is 3.70. The van der Waals surface area contributed by atoms with Crippen molar-refractivity contribution in [1.82, 2.24) is 9.47 Å². The fourth-order valence-electron chi connectivity index (χ4n) is 4.80. The number of aryl methyl sites for hydroxylation is 1. The number of nitrogens with zero attached hydrogens (tertiary/aromatic N) is 4. The Morgan fingerprint density at radius 3 is 2.44 bits per heavy atom. The van der Waals surface area contributed by atoms with Crippen molar-refractivity contribution in [2.75, 3.05) is 44.7 Å². The summed E-state index contributed by atoms with van der Waals surface area (Å²) in [6.45, 7) is 5.29. The Hall–Kier alpha value is -3.72. The summed E-state index contributed by atoms with van der Waals surface area (Å²) >= 11 is 0. The smallest absolute Gasteiger partial charge is 0.341 e.